The summed E-state index contributed by atoms with van der Waals surface area (Å²) in [4.78, 5) is 10.0. The molecule has 0 saturated carbocycles. The van der Waals surface area contributed by atoms with Gasteiger partial charge in [-0.1, -0.05) is 42.5 Å². The summed E-state index contributed by atoms with van der Waals surface area (Å²) in [6.07, 6.45) is 3.87. The maximum atomic E-state index is 5.08. The monoisotopic (exact) mass is 445 g/mol. The molecule has 0 N–H and O–H groups in total. The standard InChI is InChI=1S/C32H19N3/c1-2-7-21-18(6-1)14-19-15-25-20(16-24(19)21)17-26-22(25)11-12-23-30(26)31-29(10-5-13-33-31)35-28-9-4-3-8-27(28)34-32(23)35/h1-13,15-16H,14,17H2. The Hall–Kier alpha value is -4.50. The van der Waals surface area contributed by atoms with Crippen LogP contribution in [0.2, 0.25) is 0 Å². The third-order valence-electron chi connectivity index (χ3n) is 8.05. The van der Waals surface area contributed by atoms with Gasteiger partial charge in [-0.3, -0.25) is 9.38 Å². The molecule has 0 radical (unpaired) electrons. The quantitative estimate of drug-likeness (QED) is 0.229. The molecule has 2 aliphatic rings. The van der Waals surface area contributed by atoms with Crippen LogP contribution in [0.1, 0.15) is 22.3 Å². The molecule has 162 valence electrons. The number of hydrogen-bond donors (Lipinski definition) is 0. The first-order valence-electron chi connectivity index (χ1n) is 12.2. The third-order valence-corrected chi connectivity index (χ3v) is 8.05. The van der Waals surface area contributed by atoms with E-state index in [1.54, 1.807) is 0 Å². The number of hydrogen-bond acceptors (Lipinski definition) is 2. The van der Waals surface area contributed by atoms with Gasteiger partial charge >= 0.3 is 0 Å². The molecular formula is C32H19N3. The van der Waals surface area contributed by atoms with Crippen molar-refractivity contribution in [3.8, 4) is 22.3 Å². The summed E-state index contributed by atoms with van der Waals surface area (Å²) in [5.74, 6) is 0. The summed E-state index contributed by atoms with van der Waals surface area (Å²) in [6, 6.07) is 30.9. The minimum atomic E-state index is 0.930. The minimum absolute atomic E-state index is 0.930. The van der Waals surface area contributed by atoms with Gasteiger partial charge in [0.05, 0.1) is 22.1 Å². The summed E-state index contributed by atoms with van der Waals surface area (Å²) in [6.45, 7) is 0. The van der Waals surface area contributed by atoms with Crippen molar-refractivity contribution >= 4 is 38.5 Å². The molecule has 0 aliphatic heterocycles. The number of imidazole rings is 1. The molecular weight excluding hydrogens is 426 g/mol. The summed E-state index contributed by atoms with van der Waals surface area (Å²) in [5, 5.41) is 2.43. The molecule has 0 atom stereocenters. The maximum Gasteiger partial charge on any atom is 0.146 e. The van der Waals surface area contributed by atoms with Crippen LogP contribution in [0.5, 0.6) is 0 Å². The van der Waals surface area contributed by atoms with Gasteiger partial charge in [0.2, 0.25) is 0 Å². The van der Waals surface area contributed by atoms with Crippen LogP contribution in [0.15, 0.2) is 91.1 Å². The number of nitrogens with zero attached hydrogens (tertiary/aromatic N) is 3. The highest BCUT2D eigenvalue weighted by atomic mass is 15.0. The Morgan fingerprint density at radius 3 is 2.40 bits per heavy atom. The zero-order valence-corrected chi connectivity index (χ0v) is 18.9. The SMILES string of the molecule is c1ccc2c(c1)Cc1cc3c(cc1-2)Cc1c-3ccc2c1c1ncccc1n1c3ccccc3nc21. The normalized spacial score (nSPS) is 13.5. The molecule has 7 aromatic rings. The van der Waals surface area contributed by atoms with E-state index in [-0.39, 0.29) is 0 Å². The molecule has 0 spiro atoms. The Kier molecular flexibility index (Phi) is 3.14. The van der Waals surface area contributed by atoms with E-state index in [4.69, 9.17) is 9.97 Å². The van der Waals surface area contributed by atoms with Crippen molar-refractivity contribution in [2.24, 2.45) is 0 Å². The van der Waals surface area contributed by atoms with Crippen LogP contribution in [0, 0.1) is 0 Å². The molecule has 3 aromatic heterocycles. The van der Waals surface area contributed by atoms with E-state index in [2.05, 4.69) is 83.3 Å². The molecule has 3 heterocycles. The van der Waals surface area contributed by atoms with Crippen LogP contribution in [-0.2, 0) is 12.8 Å². The summed E-state index contributed by atoms with van der Waals surface area (Å²) < 4.78 is 2.28. The van der Waals surface area contributed by atoms with E-state index < -0.39 is 0 Å². The first-order chi connectivity index (χ1) is 17.3. The highest BCUT2D eigenvalue weighted by molar-refractivity contribution is 6.16. The number of benzene rings is 4. The van der Waals surface area contributed by atoms with Crippen molar-refractivity contribution < 1.29 is 0 Å². The zero-order valence-electron chi connectivity index (χ0n) is 18.9. The van der Waals surface area contributed by atoms with Gasteiger partial charge < -0.3 is 0 Å². The molecule has 0 amide bonds. The third kappa shape index (κ3) is 2.17. The fourth-order valence-corrected chi connectivity index (χ4v) is 6.58. The van der Waals surface area contributed by atoms with E-state index in [0.29, 0.717) is 0 Å². The van der Waals surface area contributed by atoms with Gasteiger partial charge in [0.15, 0.2) is 0 Å². The lowest BCUT2D eigenvalue weighted by Gasteiger charge is -2.12. The number of pyridine rings is 2. The second kappa shape index (κ2) is 6.13. The van der Waals surface area contributed by atoms with Gasteiger partial charge in [0, 0.05) is 17.0 Å². The Morgan fingerprint density at radius 1 is 0.629 bits per heavy atom. The second-order valence-electron chi connectivity index (χ2n) is 9.82. The molecule has 2 aliphatic carbocycles. The average Bonchev–Trinajstić information content (AvgIpc) is 3.58. The van der Waals surface area contributed by atoms with Crippen LogP contribution in [0.4, 0.5) is 0 Å². The Balaban J connectivity index is 1.38. The number of aromatic nitrogens is 3. The molecule has 0 unspecified atom stereocenters. The molecule has 3 nitrogen and oxygen atoms in total. The predicted octanol–water partition coefficient (Wildman–Crippen LogP) is 7.33. The molecule has 4 aromatic carbocycles. The van der Waals surface area contributed by atoms with Crippen LogP contribution >= 0.6 is 0 Å². The number of para-hydroxylation sites is 2. The Morgan fingerprint density at radius 2 is 1.43 bits per heavy atom. The topological polar surface area (TPSA) is 30.2 Å². The van der Waals surface area contributed by atoms with Gasteiger partial charge in [0.25, 0.3) is 0 Å². The lowest BCUT2D eigenvalue weighted by Crippen LogP contribution is -1.96. The predicted molar refractivity (Wildman–Crippen MR) is 142 cm³/mol. The van der Waals surface area contributed by atoms with Gasteiger partial charge in [-0.05, 0) is 99.8 Å². The Bertz CT molecular complexity index is 2060. The first kappa shape index (κ1) is 17.9. The molecule has 3 heteroatoms. The van der Waals surface area contributed by atoms with Crippen LogP contribution in [0.3, 0.4) is 0 Å². The van der Waals surface area contributed by atoms with Crippen molar-refractivity contribution in [3.05, 3.63) is 113 Å². The van der Waals surface area contributed by atoms with E-state index >= 15 is 0 Å². The lowest BCUT2D eigenvalue weighted by atomic mass is 9.97. The van der Waals surface area contributed by atoms with Crippen molar-refractivity contribution in [1.82, 2.24) is 14.4 Å². The van der Waals surface area contributed by atoms with Crippen molar-refractivity contribution in [1.29, 1.82) is 0 Å². The van der Waals surface area contributed by atoms with Gasteiger partial charge in [-0.2, -0.15) is 0 Å². The molecule has 9 rings (SSSR count). The van der Waals surface area contributed by atoms with Crippen LogP contribution < -0.4 is 0 Å². The largest absolute Gasteiger partial charge is 0.290 e. The van der Waals surface area contributed by atoms with Crippen LogP contribution in [-0.4, -0.2) is 14.4 Å². The molecule has 35 heavy (non-hydrogen) atoms. The van der Waals surface area contributed by atoms with E-state index in [1.165, 1.54) is 55.3 Å². The molecule has 0 saturated heterocycles. The summed E-state index contributed by atoms with van der Waals surface area (Å²) in [7, 11) is 0. The van der Waals surface area contributed by atoms with Gasteiger partial charge in [-0.25, -0.2) is 4.98 Å². The number of fused-ring (bicyclic) bond motifs is 15. The Labute approximate surface area is 201 Å². The van der Waals surface area contributed by atoms with Gasteiger partial charge in [0.1, 0.15) is 5.65 Å². The van der Waals surface area contributed by atoms with E-state index in [1.807, 2.05) is 12.3 Å². The number of rotatable bonds is 0. The highest BCUT2D eigenvalue weighted by Gasteiger charge is 2.28. The highest BCUT2D eigenvalue weighted by Crippen LogP contribution is 2.47. The fourth-order valence-electron chi connectivity index (χ4n) is 6.58. The molecule has 0 fully saturated rings. The summed E-state index contributed by atoms with van der Waals surface area (Å²) in [5.41, 5.74) is 16.5. The van der Waals surface area contributed by atoms with Gasteiger partial charge in [-0.15, -0.1) is 0 Å². The zero-order chi connectivity index (χ0) is 22.7. The van der Waals surface area contributed by atoms with Crippen LogP contribution in [0.25, 0.3) is 60.7 Å². The minimum Gasteiger partial charge on any atom is -0.290 e. The van der Waals surface area contributed by atoms with E-state index in [9.17, 15) is 0 Å². The maximum absolute atomic E-state index is 5.08. The van der Waals surface area contributed by atoms with E-state index in [0.717, 1.165) is 40.6 Å². The second-order valence-corrected chi connectivity index (χ2v) is 9.82. The van der Waals surface area contributed by atoms with Crippen molar-refractivity contribution in [2.75, 3.05) is 0 Å². The molecule has 0 bridgehead atoms. The first-order valence-corrected chi connectivity index (χ1v) is 12.2. The fraction of sp³-hybridized carbons (Fsp3) is 0.0625. The average molecular weight is 446 g/mol. The van der Waals surface area contributed by atoms with Crippen molar-refractivity contribution in [3.63, 3.8) is 0 Å². The smallest absolute Gasteiger partial charge is 0.146 e. The lowest BCUT2D eigenvalue weighted by molar-refractivity contribution is 1.24. The summed E-state index contributed by atoms with van der Waals surface area (Å²) >= 11 is 0. The van der Waals surface area contributed by atoms with Crippen molar-refractivity contribution in [2.45, 2.75) is 12.8 Å².